The van der Waals surface area contributed by atoms with Crippen LogP contribution < -0.4 is 0 Å². The van der Waals surface area contributed by atoms with Gasteiger partial charge in [0.15, 0.2) is 16.3 Å². The van der Waals surface area contributed by atoms with Crippen molar-refractivity contribution in [3.05, 3.63) is 46.9 Å². The van der Waals surface area contributed by atoms with Gasteiger partial charge in [0.25, 0.3) is 0 Å². The normalized spacial score (nSPS) is 11.0. The lowest BCUT2D eigenvalue weighted by atomic mass is 10.2. The molecule has 0 spiro atoms. The Hall–Kier alpha value is -2.01. The minimum absolute atomic E-state index is 0.344. The Bertz CT molecular complexity index is 692. The van der Waals surface area contributed by atoms with Crippen molar-refractivity contribution < 1.29 is 0 Å². The summed E-state index contributed by atoms with van der Waals surface area (Å²) in [5.74, 6) is 0.615. The third-order valence-corrected chi connectivity index (χ3v) is 2.87. The lowest BCUT2D eigenvalue weighted by Gasteiger charge is -2.02. The molecular formula is C12H10ClN5. The molecule has 6 heteroatoms. The Balaban J connectivity index is 2.08. The highest BCUT2D eigenvalue weighted by atomic mass is 35.5. The lowest BCUT2D eigenvalue weighted by molar-refractivity contribution is 0.663. The highest BCUT2D eigenvalue weighted by Crippen LogP contribution is 2.17. The molecule has 2 aromatic heterocycles. The van der Waals surface area contributed by atoms with Gasteiger partial charge < -0.3 is 0 Å². The summed E-state index contributed by atoms with van der Waals surface area (Å²) in [6, 6.07) is 10.0. The van der Waals surface area contributed by atoms with Crippen LogP contribution in [0.3, 0.4) is 0 Å². The van der Waals surface area contributed by atoms with E-state index in [1.165, 1.54) is 0 Å². The van der Waals surface area contributed by atoms with E-state index >= 15 is 0 Å². The second kappa shape index (κ2) is 4.34. The fourth-order valence-corrected chi connectivity index (χ4v) is 2.03. The fraction of sp³-hybridized carbons (Fsp3) is 0.167. The summed E-state index contributed by atoms with van der Waals surface area (Å²) in [7, 11) is 0. The third-order valence-electron chi connectivity index (χ3n) is 2.61. The first-order valence-corrected chi connectivity index (χ1v) is 5.89. The van der Waals surface area contributed by atoms with Crippen LogP contribution in [0.5, 0.6) is 0 Å². The van der Waals surface area contributed by atoms with E-state index in [0.717, 1.165) is 5.56 Å². The average molecular weight is 260 g/mol. The lowest BCUT2D eigenvalue weighted by Crippen LogP contribution is -2.03. The maximum absolute atomic E-state index is 6.01. The van der Waals surface area contributed by atoms with Gasteiger partial charge in [0, 0.05) is 0 Å². The monoisotopic (exact) mass is 259 g/mol. The number of benzene rings is 1. The van der Waals surface area contributed by atoms with Crippen molar-refractivity contribution in [3.8, 4) is 0 Å². The van der Waals surface area contributed by atoms with Gasteiger partial charge >= 0.3 is 0 Å². The van der Waals surface area contributed by atoms with Crippen LogP contribution in [0.4, 0.5) is 0 Å². The summed E-state index contributed by atoms with van der Waals surface area (Å²) in [6.07, 6.45) is 0. The van der Waals surface area contributed by atoms with Gasteiger partial charge in [0.1, 0.15) is 5.82 Å². The van der Waals surface area contributed by atoms with E-state index in [-0.39, 0.29) is 0 Å². The minimum atomic E-state index is 0.344. The first-order chi connectivity index (χ1) is 8.74. The van der Waals surface area contributed by atoms with Gasteiger partial charge in [-0.1, -0.05) is 47.1 Å². The molecule has 0 aliphatic carbocycles. The quantitative estimate of drug-likeness (QED) is 0.662. The summed E-state index contributed by atoms with van der Waals surface area (Å²) in [6.45, 7) is 2.41. The molecule has 0 fully saturated rings. The molecule has 0 aliphatic rings. The van der Waals surface area contributed by atoms with E-state index < -0.39 is 0 Å². The smallest absolute Gasteiger partial charge is 0.183 e. The zero-order chi connectivity index (χ0) is 12.5. The standard InChI is InChI=1S/C12H10ClN5/c1-8-14-11(13)10-12(15-8)18(17-16-10)7-9-5-3-2-4-6-9/h2-6H,7H2,1H3. The number of aromatic nitrogens is 5. The average Bonchev–Trinajstić information content (AvgIpc) is 2.74. The van der Waals surface area contributed by atoms with Gasteiger partial charge in [-0.15, -0.1) is 5.10 Å². The number of halogens is 1. The van der Waals surface area contributed by atoms with E-state index in [4.69, 9.17) is 11.6 Å². The second-order valence-corrected chi connectivity index (χ2v) is 4.32. The van der Waals surface area contributed by atoms with Crippen LogP contribution in [0, 0.1) is 6.92 Å². The molecule has 0 bridgehead atoms. The molecule has 0 saturated carbocycles. The van der Waals surface area contributed by atoms with Crippen LogP contribution in [0.1, 0.15) is 11.4 Å². The molecule has 0 N–H and O–H groups in total. The van der Waals surface area contributed by atoms with Gasteiger partial charge in [-0.2, -0.15) is 0 Å². The SMILES string of the molecule is Cc1nc(Cl)c2nnn(Cc3ccccc3)c2n1. The Morgan fingerprint density at radius 2 is 1.94 bits per heavy atom. The van der Waals surface area contributed by atoms with Gasteiger partial charge in [0.2, 0.25) is 0 Å². The number of hydrogen-bond acceptors (Lipinski definition) is 4. The van der Waals surface area contributed by atoms with Crippen LogP contribution >= 0.6 is 11.6 Å². The topological polar surface area (TPSA) is 56.5 Å². The Labute approximate surface area is 108 Å². The van der Waals surface area contributed by atoms with Crippen LogP contribution in [0.25, 0.3) is 11.2 Å². The van der Waals surface area contributed by atoms with Gasteiger partial charge in [-0.25, -0.2) is 14.6 Å². The van der Waals surface area contributed by atoms with Crippen molar-refractivity contribution in [1.82, 2.24) is 25.0 Å². The highest BCUT2D eigenvalue weighted by molar-refractivity contribution is 6.33. The van der Waals surface area contributed by atoms with Gasteiger partial charge in [0.05, 0.1) is 6.54 Å². The van der Waals surface area contributed by atoms with Crippen LogP contribution in [0.15, 0.2) is 30.3 Å². The molecule has 90 valence electrons. The van der Waals surface area contributed by atoms with Crippen molar-refractivity contribution in [3.63, 3.8) is 0 Å². The van der Waals surface area contributed by atoms with E-state index in [2.05, 4.69) is 20.3 Å². The number of aryl methyl sites for hydroxylation is 1. The largest absolute Gasteiger partial charge is 0.222 e. The first-order valence-electron chi connectivity index (χ1n) is 5.51. The fourth-order valence-electron chi connectivity index (χ4n) is 1.79. The van der Waals surface area contributed by atoms with Crippen molar-refractivity contribution in [2.75, 3.05) is 0 Å². The number of hydrogen-bond donors (Lipinski definition) is 0. The van der Waals surface area contributed by atoms with Crippen LogP contribution in [-0.4, -0.2) is 25.0 Å². The maximum atomic E-state index is 6.01. The molecule has 2 heterocycles. The number of nitrogens with zero attached hydrogens (tertiary/aromatic N) is 5. The van der Waals surface area contributed by atoms with E-state index in [1.807, 2.05) is 30.3 Å². The summed E-state index contributed by atoms with van der Waals surface area (Å²) >= 11 is 6.01. The summed E-state index contributed by atoms with van der Waals surface area (Å²) in [5, 5.41) is 8.43. The summed E-state index contributed by atoms with van der Waals surface area (Å²) < 4.78 is 1.73. The van der Waals surface area contributed by atoms with Crippen molar-refractivity contribution in [2.24, 2.45) is 0 Å². The van der Waals surface area contributed by atoms with Crippen molar-refractivity contribution in [2.45, 2.75) is 13.5 Å². The molecule has 3 aromatic rings. The number of fused-ring (bicyclic) bond motifs is 1. The predicted molar refractivity (Wildman–Crippen MR) is 68.4 cm³/mol. The minimum Gasteiger partial charge on any atom is -0.222 e. The molecule has 0 unspecified atom stereocenters. The zero-order valence-corrected chi connectivity index (χ0v) is 10.5. The van der Waals surface area contributed by atoms with E-state index in [9.17, 15) is 0 Å². The molecule has 0 atom stereocenters. The molecule has 0 radical (unpaired) electrons. The molecule has 0 amide bonds. The van der Waals surface area contributed by atoms with Crippen LogP contribution in [-0.2, 0) is 6.54 Å². The molecule has 3 rings (SSSR count). The molecule has 5 nitrogen and oxygen atoms in total. The molecule has 0 saturated heterocycles. The summed E-state index contributed by atoms with van der Waals surface area (Å²) in [5.41, 5.74) is 2.34. The maximum Gasteiger partial charge on any atom is 0.183 e. The summed E-state index contributed by atoms with van der Waals surface area (Å²) in [4.78, 5) is 8.40. The van der Waals surface area contributed by atoms with Gasteiger partial charge in [-0.05, 0) is 12.5 Å². The van der Waals surface area contributed by atoms with E-state index in [0.29, 0.717) is 28.7 Å². The van der Waals surface area contributed by atoms with Gasteiger partial charge in [-0.3, -0.25) is 0 Å². The molecule has 0 aliphatic heterocycles. The number of rotatable bonds is 2. The molecule has 18 heavy (non-hydrogen) atoms. The predicted octanol–water partition coefficient (Wildman–Crippen LogP) is 2.23. The van der Waals surface area contributed by atoms with Crippen molar-refractivity contribution in [1.29, 1.82) is 0 Å². The Morgan fingerprint density at radius 1 is 1.17 bits per heavy atom. The first kappa shape index (κ1) is 11.1. The Kier molecular flexibility index (Phi) is 2.68. The van der Waals surface area contributed by atoms with Crippen LogP contribution in [0.2, 0.25) is 5.15 Å². The third kappa shape index (κ3) is 1.93. The molecular weight excluding hydrogens is 250 g/mol. The zero-order valence-electron chi connectivity index (χ0n) is 9.71. The highest BCUT2D eigenvalue weighted by Gasteiger charge is 2.11. The van der Waals surface area contributed by atoms with Crippen molar-refractivity contribution >= 4 is 22.8 Å². The molecule has 1 aromatic carbocycles. The van der Waals surface area contributed by atoms with E-state index in [1.54, 1.807) is 11.6 Å². The second-order valence-electron chi connectivity index (χ2n) is 3.97. The Morgan fingerprint density at radius 3 is 2.72 bits per heavy atom.